The molecule has 5 heterocycles. The fourth-order valence-corrected chi connectivity index (χ4v) is 4.70. The van der Waals surface area contributed by atoms with Crippen molar-refractivity contribution < 1.29 is 9.13 Å². The number of H-pyrrole nitrogens is 1. The Morgan fingerprint density at radius 1 is 1.23 bits per heavy atom. The van der Waals surface area contributed by atoms with E-state index in [0.29, 0.717) is 11.1 Å². The summed E-state index contributed by atoms with van der Waals surface area (Å²) in [7, 11) is 1.90. The molecule has 2 saturated heterocycles. The second-order valence-corrected chi connectivity index (χ2v) is 8.37. The molecule has 0 unspecified atom stereocenters. The van der Waals surface area contributed by atoms with Crippen LogP contribution in [-0.2, 0) is 0 Å². The molecule has 3 N–H and O–H groups in total. The van der Waals surface area contributed by atoms with Crippen LogP contribution < -0.4 is 20.3 Å². The first-order valence-electron chi connectivity index (χ1n) is 10.4. The van der Waals surface area contributed by atoms with Crippen LogP contribution in [0.4, 0.5) is 15.9 Å². The molecule has 2 aliphatic rings. The molecule has 0 atom stereocenters. The highest BCUT2D eigenvalue weighted by molar-refractivity contribution is 6.14. The normalized spacial score (nSPS) is 17.4. The number of aromatic amines is 1. The Morgan fingerprint density at radius 2 is 2.13 bits per heavy atom. The topological polar surface area (TPSA) is 91.0 Å². The van der Waals surface area contributed by atoms with Gasteiger partial charge in [-0.25, -0.2) is 4.39 Å². The zero-order valence-corrected chi connectivity index (χ0v) is 17.1. The van der Waals surface area contributed by atoms with Crippen LogP contribution in [-0.4, -0.2) is 53.2 Å². The van der Waals surface area contributed by atoms with Gasteiger partial charge in [-0.05, 0) is 12.5 Å². The molecule has 0 amide bonds. The second kappa shape index (κ2) is 6.78. The first-order valence-corrected chi connectivity index (χ1v) is 10.4. The maximum Gasteiger partial charge on any atom is 0.326 e. The molecule has 6 rings (SSSR count). The Kier molecular flexibility index (Phi) is 4.01. The van der Waals surface area contributed by atoms with Crippen molar-refractivity contribution >= 4 is 33.4 Å². The zero-order chi connectivity index (χ0) is 21.0. The summed E-state index contributed by atoms with van der Waals surface area (Å²) in [6.07, 6.45) is 3.71. The number of fused-ring (bicyclic) bond motifs is 3. The van der Waals surface area contributed by atoms with E-state index in [-0.39, 0.29) is 11.8 Å². The highest BCUT2D eigenvalue weighted by Crippen LogP contribution is 2.41. The zero-order valence-electron chi connectivity index (χ0n) is 17.1. The minimum absolute atomic E-state index is 0.167. The first kappa shape index (κ1) is 18.3. The van der Waals surface area contributed by atoms with Gasteiger partial charge < -0.3 is 25.3 Å². The number of rotatable bonds is 4. The van der Waals surface area contributed by atoms with Gasteiger partial charge in [-0.3, -0.25) is 4.98 Å². The van der Waals surface area contributed by atoms with Crippen LogP contribution in [0.25, 0.3) is 21.9 Å². The standard InChI is InChI=1S/C22H22FN7O/c1-24-16-4-2-3-15-17-19(27-18(15)16)28-21(31-14-7-13(23)8-25-9-14)29-20(17)30-6-5-22(12-30)10-26-11-22/h2-4,7-9,24,26H,5-6,10-12H2,1H3,(H,27,28,29). The Bertz CT molecular complexity index is 1300. The van der Waals surface area contributed by atoms with E-state index in [2.05, 4.69) is 36.6 Å². The summed E-state index contributed by atoms with van der Waals surface area (Å²) in [6.45, 7) is 3.93. The van der Waals surface area contributed by atoms with Crippen LogP contribution in [0.2, 0.25) is 0 Å². The third-order valence-electron chi connectivity index (χ3n) is 6.34. The smallest absolute Gasteiger partial charge is 0.326 e. The molecule has 2 aliphatic heterocycles. The summed E-state index contributed by atoms with van der Waals surface area (Å²) < 4.78 is 19.4. The van der Waals surface area contributed by atoms with Crippen molar-refractivity contribution in [2.45, 2.75) is 6.42 Å². The van der Waals surface area contributed by atoms with Crippen LogP contribution in [0, 0.1) is 11.2 Å². The van der Waals surface area contributed by atoms with Gasteiger partial charge in [-0.15, -0.1) is 0 Å². The number of hydrogen-bond acceptors (Lipinski definition) is 7. The predicted octanol–water partition coefficient (Wildman–Crippen LogP) is 3.28. The van der Waals surface area contributed by atoms with E-state index >= 15 is 0 Å². The average Bonchev–Trinajstić information content (AvgIpc) is 3.35. The summed E-state index contributed by atoms with van der Waals surface area (Å²) >= 11 is 0. The van der Waals surface area contributed by atoms with Crippen LogP contribution in [0.5, 0.6) is 11.8 Å². The molecular weight excluding hydrogens is 397 g/mol. The van der Waals surface area contributed by atoms with Gasteiger partial charge in [0.25, 0.3) is 0 Å². The molecule has 0 saturated carbocycles. The van der Waals surface area contributed by atoms with Gasteiger partial charge in [-0.1, -0.05) is 12.1 Å². The van der Waals surface area contributed by atoms with Crippen molar-refractivity contribution in [2.75, 3.05) is 43.4 Å². The molecule has 0 bridgehead atoms. The van der Waals surface area contributed by atoms with Gasteiger partial charge in [0.05, 0.1) is 29.0 Å². The first-order chi connectivity index (χ1) is 15.1. The summed E-state index contributed by atoms with van der Waals surface area (Å²) in [5.74, 6) is 0.632. The number of anilines is 2. The second-order valence-electron chi connectivity index (χ2n) is 8.37. The molecule has 9 heteroatoms. The summed E-state index contributed by atoms with van der Waals surface area (Å²) in [4.78, 5) is 19.0. The third kappa shape index (κ3) is 2.96. The minimum Gasteiger partial charge on any atom is -0.422 e. The van der Waals surface area contributed by atoms with Crippen molar-refractivity contribution in [2.24, 2.45) is 5.41 Å². The van der Waals surface area contributed by atoms with E-state index < -0.39 is 5.82 Å². The predicted molar refractivity (Wildman–Crippen MR) is 117 cm³/mol. The Morgan fingerprint density at radius 3 is 2.87 bits per heavy atom. The van der Waals surface area contributed by atoms with E-state index in [9.17, 15) is 4.39 Å². The monoisotopic (exact) mass is 419 g/mol. The lowest BCUT2D eigenvalue weighted by Gasteiger charge is -2.39. The Labute approximate surface area is 177 Å². The summed E-state index contributed by atoms with van der Waals surface area (Å²) in [5, 5.41) is 8.66. The molecule has 1 aromatic carbocycles. The average molecular weight is 419 g/mol. The van der Waals surface area contributed by atoms with E-state index in [1.807, 2.05) is 19.2 Å². The minimum atomic E-state index is -0.470. The number of aromatic nitrogens is 4. The fourth-order valence-electron chi connectivity index (χ4n) is 4.70. The maximum atomic E-state index is 13.6. The molecule has 8 nitrogen and oxygen atoms in total. The number of nitrogens with zero attached hydrogens (tertiary/aromatic N) is 4. The molecular formula is C22H22FN7O. The molecule has 1 spiro atoms. The van der Waals surface area contributed by atoms with Crippen LogP contribution >= 0.6 is 0 Å². The van der Waals surface area contributed by atoms with Crippen molar-refractivity contribution in [3.63, 3.8) is 0 Å². The highest BCUT2D eigenvalue weighted by atomic mass is 19.1. The van der Waals surface area contributed by atoms with Crippen molar-refractivity contribution in [1.29, 1.82) is 0 Å². The number of ether oxygens (including phenoxy) is 1. The number of halogens is 1. The van der Waals surface area contributed by atoms with E-state index in [0.717, 1.165) is 66.6 Å². The van der Waals surface area contributed by atoms with Gasteiger partial charge in [0.15, 0.2) is 5.75 Å². The van der Waals surface area contributed by atoms with Crippen molar-refractivity contribution in [3.05, 3.63) is 42.5 Å². The van der Waals surface area contributed by atoms with E-state index in [1.54, 1.807) is 0 Å². The van der Waals surface area contributed by atoms with Crippen LogP contribution in [0.3, 0.4) is 0 Å². The number of hydrogen-bond donors (Lipinski definition) is 3. The van der Waals surface area contributed by atoms with Gasteiger partial charge in [-0.2, -0.15) is 9.97 Å². The molecule has 3 aromatic heterocycles. The Hall–Kier alpha value is -3.46. The van der Waals surface area contributed by atoms with Gasteiger partial charge >= 0.3 is 6.01 Å². The molecule has 2 fully saturated rings. The van der Waals surface area contributed by atoms with Gasteiger partial charge in [0.2, 0.25) is 0 Å². The van der Waals surface area contributed by atoms with E-state index in [4.69, 9.17) is 9.72 Å². The lowest BCUT2D eigenvalue weighted by molar-refractivity contribution is 0.199. The molecule has 4 aromatic rings. The molecule has 0 aliphatic carbocycles. The van der Waals surface area contributed by atoms with Crippen LogP contribution in [0.15, 0.2) is 36.7 Å². The highest BCUT2D eigenvalue weighted by Gasteiger charge is 2.44. The third-order valence-corrected chi connectivity index (χ3v) is 6.34. The SMILES string of the molecule is CNc1cccc2c1[nH]c1nc(Oc3cncc(F)c3)nc(N3CCC4(CNC4)C3)c12. The van der Waals surface area contributed by atoms with Crippen molar-refractivity contribution in [1.82, 2.24) is 25.3 Å². The number of para-hydroxylation sites is 1. The number of pyridine rings is 1. The quantitative estimate of drug-likeness (QED) is 0.468. The number of benzene rings is 1. The fraction of sp³-hybridized carbons (Fsp3) is 0.318. The largest absolute Gasteiger partial charge is 0.422 e. The maximum absolute atomic E-state index is 13.6. The van der Waals surface area contributed by atoms with E-state index in [1.165, 1.54) is 12.3 Å². The Balaban J connectivity index is 1.52. The number of nitrogens with one attached hydrogen (secondary N) is 3. The molecule has 158 valence electrons. The summed E-state index contributed by atoms with van der Waals surface area (Å²) in [5.41, 5.74) is 2.96. The summed E-state index contributed by atoms with van der Waals surface area (Å²) in [6, 6.07) is 7.56. The van der Waals surface area contributed by atoms with Crippen molar-refractivity contribution in [3.8, 4) is 11.8 Å². The van der Waals surface area contributed by atoms with Gasteiger partial charge in [0.1, 0.15) is 17.3 Å². The lowest BCUT2D eigenvalue weighted by atomic mass is 9.81. The lowest BCUT2D eigenvalue weighted by Crippen LogP contribution is -2.54. The van der Waals surface area contributed by atoms with Gasteiger partial charge in [0, 0.05) is 50.1 Å². The van der Waals surface area contributed by atoms with Crippen LogP contribution in [0.1, 0.15) is 6.42 Å². The molecule has 31 heavy (non-hydrogen) atoms. The molecule has 0 radical (unpaired) electrons.